The molecule has 0 unspecified atom stereocenters. The van der Waals surface area contributed by atoms with Gasteiger partial charge in [-0.15, -0.1) is 0 Å². The molecule has 0 rings (SSSR count). The third-order valence-electron chi connectivity index (χ3n) is 2.37. The monoisotopic (exact) mass is 248 g/mol. The van der Waals surface area contributed by atoms with Gasteiger partial charge in [0.1, 0.15) is 0 Å². The molecule has 0 bridgehead atoms. The maximum Gasteiger partial charge on any atom is 0.0571 e. The van der Waals surface area contributed by atoms with Crippen molar-refractivity contribution in [1.82, 2.24) is 0 Å². The second-order valence-electron chi connectivity index (χ2n) is 4.20. The summed E-state index contributed by atoms with van der Waals surface area (Å²) in [7, 11) is 0.0792. The number of aliphatic carboxylic acids is 1. The molecule has 0 heterocycles. The van der Waals surface area contributed by atoms with Gasteiger partial charge < -0.3 is 9.90 Å². The third-order valence-corrected chi connectivity index (χ3v) is 5.70. The first-order valence-electron chi connectivity index (χ1n) is 6.59. The normalized spacial score (nSPS) is 9.81. The molecule has 0 saturated heterocycles. The van der Waals surface area contributed by atoms with Gasteiger partial charge in [0.15, 0.2) is 0 Å². The van der Waals surface area contributed by atoms with Gasteiger partial charge in [-0.3, -0.25) is 0 Å². The summed E-state index contributed by atoms with van der Waals surface area (Å²) in [5.74, 6) is -1.08. The van der Waals surface area contributed by atoms with Gasteiger partial charge in [-0.1, -0.05) is 33.6 Å². The van der Waals surface area contributed by atoms with Crippen LogP contribution in [0.15, 0.2) is 0 Å². The number of carboxylic acid groups (broad SMARTS) is 1. The molecule has 16 heavy (non-hydrogen) atoms. The summed E-state index contributed by atoms with van der Waals surface area (Å²) in [4.78, 5) is 8.89. The summed E-state index contributed by atoms with van der Waals surface area (Å²) in [5.41, 5.74) is 0. The molecule has 0 radical (unpaired) electrons. The zero-order valence-electron chi connectivity index (χ0n) is 11.5. The quantitative estimate of drug-likeness (QED) is 0.620. The Hall–Kier alpha value is -0.100. The van der Waals surface area contributed by atoms with Gasteiger partial charge in [0.05, 0.1) is 18.5 Å². The topological polar surface area (TPSA) is 40.1 Å². The molecule has 0 amide bonds. The predicted octanol–water partition coefficient (Wildman–Crippen LogP) is 2.97. The molecule has 0 saturated carbocycles. The fourth-order valence-corrected chi connectivity index (χ4v) is 4.75. The van der Waals surface area contributed by atoms with Crippen LogP contribution in [-0.4, -0.2) is 24.5 Å². The first-order valence-corrected chi connectivity index (χ1v) is 8.71. The Kier molecular flexibility index (Phi) is 17.0. The highest BCUT2D eigenvalue weighted by atomic mass is 31.1. The van der Waals surface area contributed by atoms with Gasteiger partial charge in [-0.2, -0.15) is 0 Å². The molecule has 98 valence electrons. The van der Waals surface area contributed by atoms with Crippen LogP contribution in [0.25, 0.3) is 0 Å². The minimum absolute atomic E-state index is 0.0792. The number of carboxylic acids is 1. The Labute approximate surface area is 103 Å². The molecule has 3 heteroatoms. The van der Waals surface area contributed by atoms with E-state index in [1.165, 1.54) is 32.1 Å². The van der Waals surface area contributed by atoms with E-state index in [1.54, 1.807) is 18.5 Å². The van der Waals surface area contributed by atoms with Crippen LogP contribution in [0.5, 0.6) is 0 Å². The Morgan fingerprint density at radius 2 is 1.31 bits per heavy atom. The van der Waals surface area contributed by atoms with Crippen LogP contribution in [-0.2, 0) is 4.79 Å². The molecule has 0 aromatic rings. The van der Waals surface area contributed by atoms with Crippen molar-refractivity contribution in [2.24, 2.45) is 0 Å². The molecular formula is C13H29O2P. The van der Waals surface area contributed by atoms with E-state index in [-0.39, 0.29) is 7.92 Å². The predicted molar refractivity (Wildman–Crippen MR) is 73.7 cm³/mol. The lowest BCUT2D eigenvalue weighted by atomic mass is 10.4. The van der Waals surface area contributed by atoms with Crippen molar-refractivity contribution in [3.8, 4) is 0 Å². The highest BCUT2D eigenvalue weighted by Gasteiger charge is 2.12. The minimum Gasteiger partial charge on any atom is -0.550 e. The first-order chi connectivity index (χ1) is 7.58. The van der Waals surface area contributed by atoms with Crippen LogP contribution in [0.2, 0.25) is 0 Å². The standard InChI is InChI=1S/C11H25P.C2H4O2/c1-4-7-10-12(9-6-3)11-8-5-2;1-2(3)4/h4-11H2,1-3H3;1H3,(H,3,4). The minimum atomic E-state index is -1.08. The zero-order valence-corrected chi connectivity index (χ0v) is 12.5. The summed E-state index contributed by atoms with van der Waals surface area (Å²) in [6.45, 7) is 7.93. The zero-order chi connectivity index (χ0) is 12.8. The number of hydrogen-bond acceptors (Lipinski definition) is 2. The summed E-state index contributed by atoms with van der Waals surface area (Å²) < 4.78 is 0. The molecule has 0 aromatic carbocycles. The molecule has 0 aromatic heterocycles. The average Bonchev–Trinajstić information content (AvgIpc) is 2.21. The van der Waals surface area contributed by atoms with Gasteiger partial charge in [0, 0.05) is 13.9 Å². The molecule has 0 N–H and O–H groups in total. The lowest BCUT2D eigenvalue weighted by Crippen LogP contribution is -2.16. The molecule has 0 fully saturated rings. The summed E-state index contributed by atoms with van der Waals surface area (Å²) in [6, 6.07) is 0. The van der Waals surface area contributed by atoms with E-state index in [0.29, 0.717) is 0 Å². The van der Waals surface area contributed by atoms with Crippen molar-refractivity contribution in [2.45, 2.75) is 59.8 Å². The van der Waals surface area contributed by atoms with Gasteiger partial charge in [-0.25, -0.2) is 0 Å². The summed E-state index contributed by atoms with van der Waals surface area (Å²) in [6.07, 6.45) is 11.9. The smallest absolute Gasteiger partial charge is 0.0571 e. The third kappa shape index (κ3) is 19.5. The number of hydrogen-bond donors (Lipinski definition) is 0. The van der Waals surface area contributed by atoms with E-state index >= 15 is 0 Å². The summed E-state index contributed by atoms with van der Waals surface area (Å²) >= 11 is 0. The van der Waals surface area contributed by atoms with Crippen LogP contribution in [0.1, 0.15) is 59.8 Å². The van der Waals surface area contributed by atoms with Crippen LogP contribution < -0.4 is 5.11 Å². The lowest BCUT2D eigenvalue weighted by molar-refractivity contribution is -0.302. The fraction of sp³-hybridized carbons (Fsp3) is 0.923. The van der Waals surface area contributed by atoms with E-state index in [2.05, 4.69) is 20.8 Å². The maximum absolute atomic E-state index is 8.89. The SMILES string of the molecule is CC(=O)[O-].CCCC[PH+](CCC)CCCC. The molecule has 0 aliphatic rings. The fourth-order valence-electron chi connectivity index (χ4n) is 1.58. The van der Waals surface area contributed by atoms with E-state index in [1.807, 2.05) is 0 Å². The molecule has 2 nitrogen and oxygen atoms in total. The Morgan fingerprint density at radius 3 is 1.56 bits per heavy atom. The molecule has 0 aliphatic heterocycles. The van der Waals surface area contributed by atoms with Crippen molar-refractivity contribution in [2.75, 3.05) is 18.5 Å². The van der Waals surface area contributed by atoms with Crippen LogP contribution in [0, 0.1) is 0 Å². The summed E-state index contributed by atoms with van der Waals surface area (Å²) in [5, 5.41) is 8.89. The molecule has 0 atom stereocenters. The number of carbonyl (C=O) groups excluding carboxylic acids is 1. The number of rotatable bonds is 8. The Bertz CT molecular complexity index is 137. The van der Waals surface area contributed by atoms with Crippen molar-refractivity contribution >= 4 is 13.9 Å². The van der Waals surface area contributed by atoms with Crippen molar-refractivity contribution in [1.29, 1.82) is 0 Å². The number of carbonyl (C=O) groups is 1. The van der Waals surface area contributed by atoms with Crippen LogP contribution in [0.3, 0.4) is 0 Å². The van der Waals surface area contributed by atoms with Gasteiger partial charge in [-0.05, 0) is 26.2 Å². The van der Waals surface area contributed by atoms with Crippen LogP contribution >= 0.6 is 7.92 Å². The van der Waals surface area contributed by atoms with Crippen molar-refractivity contribution in [3.05, 3.63) is 0 Å². The highest BCUT2D eigenvalue weighted by Crippen LogP contribution is 2.38. The van der Waals surface area contributed by atoms with Gasteiger partial charge >= 0.3 is 0 Å². The molecule has 0 spiro atoms. The van der Waals surface area contributed by atoms with E-state index in [9.17, 15) is 0 Å². The maximum atomic E-state index is 8.89. The second kappa shape index (κ2) is 14.9. The van der Waals surface area contributed by atoms with Crippen LogP contribution in [0.4, 0.5) is 0 Å². The van der Waals surface area contributed by atoms with E-state index in [0.717, 1.165) is 6.92 Å². The largest absolute Gasteiger partial charge is 0.550 e. The average molecular weight is 248 g/mol. The number of unbranched alkanes of at least 4 members (excludes halogenated alkanes) is 2. The van der Waals surface area contributed by atoms with Crippen molar-refractivity contribution < 1.29 is 9.90 Å². The van der Waals surface area contributed by atoms with Gasteiger partial charge in [0.25, 0.3) is 0 Å². The van der Waals surface area contributed by atoms with Gasteiger partial charge in [0.2, 0.25) is 0 Å². The highest BCUT2D eigenvalue weighted by molar-refractivity contribution is 7.57. The molecular weight excluding hydrogens is 219 g/mol. The van der Waals surface area contributed by atoms with E-state index in [4.69, 9.17) is 9.90 Å². The second-order valence-corrected chi connectivity index (χ2v) is 7.20. The Balaban J connectivity index is 0. The van der Waals surface area contributed by atoms with E-state index < -0.39 is 5.97 Å². The molecule has 0 aliphatic carbocycles. The van der Waals surface area contributed by atoms with Crippen molar-refractivity contribution in [3.63, 3.8) is 0 Å². The Morgan fingerprint density at radius 1 is 0.938 bits per heavy atom. The lowest BCUT2D eigenvalue weighted by Gasteiger charge is -2.08. The first kappa shape index (κ1) is 18.3.